The van der Waals surface area contributed by atoms with E-state index in [4.69, 9.17) is 14.2 Å². The predicted octanol–water partition coefficient (Wildman–Crippen LogP) is 2.30. The van der Waals surface area contributed by atoms with Crippen LogP contribution in [-0.2, 0) is 14.2 Å². The summed E-state index contributed by atoms with van der Waals surface area (Å²) >= 11 is 0. The Kier molecular flexibility index (Phi) is 4.10. The van der Waals surface area contributed by atoms with Crippen molar-refractivity contribution < 1.29 is 14.2 Å². The van der Waals surface area contributed by atoms with Gasteiger partial charge in [-0.15, -0.1) is 0 Å². The fourth-order valence-electron chi connectivity index (χ4n) is 1.57. The first-order chi connectivity index (χ1) is 7.92. The molecule has 1 fully saturated rings. The molecule has 0 bridgehead atoms. The molecule has 1 heterocycles. The topological polar surface area (TPSA) is 31.0 Å². The van der Waals surface area contributed by atoms with Crippen molar-refractivity contribution in [2.24, 2.45) is 0 Å². The van der Waals surface area contributed by atoms with E-state index >= 15 is 0 Å². The van der Waals surface area contributed by atoms with Gasteiger partial charge in [0.05, 0.1) is 6.61 Å². The minimum Gasteiger partial charge on any atom is -0.360 e. The summed E-state index contributed by atoms with van der Waals surface area (Å²) in [5.41, 5.74) is 1.23. The SMILES string of the molecule is COCOC/C=C/C1OC1c1ccccc1. The highest BCUT2D eigenvalue weighted by atomic mass is 16.7. The predicted molar refractivity (Wildman–Crippen MR) is 61.0 cm³/mol. The van der Waals surface area contributed by atoms with E-state index in [1.165, 1.54) is 5.56 Å². The van der Waals surface area contributed by atoms with Crippen LogP contribution in [0.4, 0.5) is 0 Å². The first kappa shape index (κ1) is 11.3. The lowest BCUT2D eigenvalue weighted by atomic mass is 10.1. The largest absolute Gasteiger partial charge is 0.360 e. The van der Waals surface area contributed by atoms with Crippen LogP contribution in [0.3, 0.4) is 0 Å². The van der Waals surface area contributed by atoms with Gasteiger partial charge >= 0.3 is 0 Å². The van der Waals surface area contributed by atoms with Crippen LogP contribution in [0.25, 0.3) is 0 Å². The number of hydrogen-bond acceptors (Lipinski definition) is 3. The van der Waals surface area contributed by atoms with E-state index in [1.807, 2.05) is 30.4 Å². The molecule has 0 saturated carbocycles. The van der Waals surface area contributed by atoms with Gasteiger partial charge in [-0.25, -0.2) is 0 Å². The Labute approximate surface area is 95.6 Å². The highest BCUT2D eigenvalue weighted by Gasteiger charge is 2.37. The Morgan fingerprint density at radius 3 is 2.88 bits per heavy atom. The molecule has 0 N–H and O–H groups in total. The van der Waals surface area contributed by atoms with Gasteiger partial charge in [-0.3, -0.25) is 0 Å². The third kappa shape index (κ3) is 3.17. The number of hydrogen-bond donors (Lipinski definition) is 0. The molecular formula is C13H16O3. The zero-order valence-electron chi connectivity index (χ0n) is 9.34. The van der Waals surface area contributed by atoms with Crippen LogP contribution in [-0.4, -0.2) is 26.6 Å². The molecule has 16 heavy (non-hydrogen) atoms. The van der Waals surface area contributed by atoms with Crippen molar-refractivity contribution in [2.75, 3.05) is 20.5 Å². The van der Waals surface area contributed by atoms with Gasteiger partial charge < -0.3 is 14.2 Å². The third-order valence-corrected chi connectivity index (χ3v) is 2.39. The van der Waals surface area contributed by atoms with Crippen LogP contribution in [0.1, 0.15) is 11.7 Å². The Morgan fingerprint density at radius 1 is 1.31 bits per heavy atom. The molecule has 0 radical (unpaired) electrons. The number of benzene rings is 1. The molecule has 1 aromatic carbocycles. The standard InChI is InChI=1S/C13H16O3/c1-14-10-15-9-5-8-12-13(16-12)11-6-3-2-4-7-11/h2-8,12-13H,9-10H2,1H3/b8-5+. The highest BCUT2D eigenvalue weighted by Crippen LogP contribution is 2.39. The van der Waals surface area contributed by atoms with Gasteiger partial charge in [-0.1, -0.05) is 42.5 Å². The number of rotatable bonds is 6. The molecule has 2 rings (SSSR count). The van der Waals surface area contributed by atoms with Gasteiger partial charge in [0.15, 0.2) is 0 Å². The van der Waals surface area contributed by atoms with Crippen LogP contribution >= 0.6 is 0 Å². The molecule has 2 unspecified atom stereocenters. The van der Waals surface area contributed by atoms with Crippen LogP contribution in [0, 0.1) is 0 Å². The van der Waals surface area contributed by atoms with Crippen LogP contribution in [0.5, 0.6) is 0 Å². The van der Waals surface area contributed by atoms with Crippen LogP contribution in [0.2, 0.25) is 0 Å². The first-order valence-electron chi connectivity index (χ1n) is 5.35. The van der Waals surface area contributed by atoms with Crippen molar-refractivity contribution in [2.45, 2.75) is 12.2 Å². The fraction of sp³-hybridized carbons (Fsp3) is 0.385. The average molecular weight is 220 g/mol. The smallest absolute Gasteiger partial charge is 0.146 e. The molecule has 1 aromatic rings. The molecule has 3 heteroatoms. The number of ether oxygens (including phenoxy) is 3. The highest BCUT2D eigenvalue weighted by molar-refractivity contribution is 5.24. The lowest BCUT2D eigenvalue weighted by Gasteiger charge is -1.96. The molecule has 0 amide bonds. The maximum absolute atomic E-state index is 5.54. The maximum atomic E-state index is 5.54. The van der Waals surface area contributed by atoms with Crippen molar-refractivity contribution in [3.63, 3.8) is 0 Å². The zero-order valence-corrected chi connectivity index (χ0v) is 9.34. The van der Waals surface area contributed by atoms with E-state index in [9.17, 15) is 0 Å². The maximum Gasteiger partial charge on any atom is 0.146 e. The lowest BCUT2D eigenvalue weighted by Crippen LogP contribution is -1.95. The minimum atomic E-state index is 0.202. The molecule has 86 valence electrons. The summed E-state index contributed by atoms with van der Waals surface area (Å²) in [4.78, 5) is 0. The second-order valence-corrected chi connectivity index (χ2v) is 3.64. The molecular weight excluding hydrogens is 204 g/mol. The quantitative estimate of drug-likeness (QED) is 0.319. The summed E-state index contributed by atoms with van der Waals surface area (Å²) in [6.45, 7) is 0.896. The second-order valence-electron chi connectivity index (χ2n) is 3.64. The molecule has 1 aliphatic rings. The van der Waals surface area contributed by atoms with Gasteiger partial charge in [0, 0.05) is 7.11 Å². The summed E-state index contributed by atoms with van der Waals surface area (Å²) in [7, 11) is 1.61. The summed E-state index contributed by atoms with van der Waals surface area (Å²) in [6, 6.07) is 10.2. The minimum absolute atomic E-state index is 0.202. The molecule has 2 atom stereocenters. The van der Waals surface area contributed by atoms with E-state index < -0.39 is 0 Å². The van der Waals surface area contributed by atoms with Crippen LogP contribution < -0.4 is 0 Å². The van der Waals surface area contributed by atoms with Crippen molar-refractivity contribution in [3.8, 4) is 0 Å². The van der Waals surface area contributed by atoms with E-state index in [1.54, 1.807) is 7.11 Å². The zero-order chi connectivity index (χ0) is 11.2. The summed E-state index contributed by atoms with van der Waals surface area (Å²) in [5.74, 6) is 0. The first-order valence-corrected chi connectivity index (χ1v) is 5.35. The average Bonchev–Trinajstić information content (AvgIpc) is 3.10. The normalized spacial score (nSPS) is 23.8. The monoisotopic (exact) mass is 220 g/mol. The molecule has 0 aromatic heterocycles. The van der Waals surface area contributed by atoms with Gasteiger partial charge in [0.25, 0.3) is 0 Å². The van der Waals surface area contributed by atoms with E-state index in [-0.39, 0.29) is 12.2 Å². The van der Waals surface area contributed by atoms with Gasteiger partial charge in [-0.2, -0.15) is 0 Å². The molecule has 1 saturated heterocycles. The summed E-state index contributed by atoms with van der Waals surface area (Å²) < 4.78 is 15.4. The van der Waals surface area contributed by atoms with E-state index in [0.29, 0.717) is 13.4 Å². The fourth-order valence-corrected chi connectivity index (χ4v) is 1.57. The van der Waals surface area contributed by atoms with Gasteiger partial charge in [0.2, 0.25) is 0 Å². The summed E-state index contributed by atoms with van der Waals surface area (Å²) in [6.07, 6.45) is 4.42. The Hall–Kier alpha value is -1.16. The number of methoxy groups -OCH3 is 1. The van der Waals surface area contributed by atoms with Crippen molar-refractivity contribution >= 4 is 0 Å². The molecule has 0 spiro atoms. The van der Waals surface area contributed by atoms with Crippen molar-refractivity contribution in [1.29, 1.82) is 0 Å². The molecule has 1 aliphatic heterocycles. The van der Waals surface area contributed by atoms with Crippen molar-refractivity contribution in [1.82, 2.24) is 0 Å². The van der Waals surface area contributed by atoms with Gasteiger partial charge in [-0.05, 0) is 5.56 Å². The Bertz CT molecular complexity index is 334. The second kappa shape index (κ2) is 5.80. The van der Waals surface area contributed by atoms with Crippen LogP contribution in [0.15, 0.2) is 42.5 Å². The van der Waals surface area contributed by atoms with Gasteiger partial charge in [0.1, 0.15) is 19.0 Å². The Balaban J connectivity index is 1.71. The lowest BCUT2D eigenvalue weighted by molar-refractivity contribution is -0.0187. The molecule has 0 aliphatic carbocycles. The van der Waals surface area contributed by atoms with E-state index in [0.717, 1.165) is 0 Å². The Morgan fingerprint density at radius 2 is 2.12 bits per heavy atom. The van der Waals surface area contributed by atoms with Crippen molar-refractivity contribution in [3.05, 3.63) is 48.0 Å². The van der Waals surface area contributed by atoms with E-state index in [2.05, 4.69) is 12.1 Å². The number of epoxide rings is 1. The third-order valence-electron chi connectivity index (χ3n) is 2.39. The molecule has 3 nitrogen and oxygen atoms in total. The summed E-state index contributed by atoms with van der Waals surface area (Å²) in [5, 5.41) is 0.